The largest absolute Gasteiger partial charge is 0.394 e. The number of ether oxygens (including phenoxy) is 1. The number of anilines is 1. The molecule has 0 aliphatic carbocycles. The lowest BCUT2D eigenvalue weighted by molar-refractivity contribution is -0.0458. The molecule has 0 saturated carbocycles. The van der Waals surface area contributed by atoms with Crippen LogP contribution in [0.3, 0.4) is 0 Å². The molecule has 4 N–H and O–H groups in total. The molecule has 1 saturated heterocycles. The van der Waals surface area contributed by atoms with Crippen LogP contribution < -0.4 is 11.2 Å². The Hall–Kier alpha value is -1.45. The van der Waals surface area contributed by atoms with Crippen molar-refractivity contribution >= 4 is 23.5 Å². The van der Waals surface area contributed by atoms with Crippen LogP contribution in [0.5, 0.6) is 0 Å². The Morgan fingerprint density at radius 3 is 2.95 bits per heavy atom. The smallest absolute Gasteiger partial charge is 0.351 e. The van der Waals surface area contributed by atoms with Gasteiger partial charge in [0.15, 0.2) is 5.82 Å². The van der Waals surface area contributed by atoms with E-state index in [2.05, 4.69) is 4.98 Å². The second-order valence-electron chi connectivity index (χ2n) is 4.25. The van der Waals surface area contributed by atoms with Gasteiger partial charge in [-0.3, -0.25) is 15.3 Å². The van der Waals surface area contributed by atoms with Crippen molar-refractivity contribution in [2.75, 3.05) is 12.1 Å². The Balaban J connectivity index is 2.38. The fraction of sp³-hybridized carbons (Fsp3) is 0.455. The highest BCUT2D eigenvalue weighted by Crippen LogP contribution is 2.28. The Morgan fingerprint density at radius 2 is 2.40 bits per heavy atom. The van der Waals surface area contributed by atoms with Gasteiger partial charge in [-0.05, 0) is 6.08 Å². The molecule has 0 spiro atoms. The third-order valence-corrected chi connectivity index (χ3v) is 3.15. The second kappa shape index (κ2) is 6.33. The monoisotopic (exact) mass is 303 g/mol. The number of nitrogens with one attached hydrogen (secondary N) is 1. The molecule has 1 aromatic heterocycles. The number of aliphatic hydroxyl groups excluding tert-OH is 2. The maximum Gasteiger partial charge on any atom is 0.351 e. The SMILES string of the molecule is O=c1nc(NO)c(/C=C/Cl)cn1[C@H]1C[C@H](O)[C@@H](CO)O1. The minimum absolute atomic E-state index is 0.0413. The summed E-state index contributed by atoms with van der Waals surface area (Å²) in [7, 11) is 0. The van der Waals surface area contributed by atoms with E-state index in [4.69, 9.17) is 26.7 Å². The van der Waals surface area contributed by atoms with Crippen molar-refractivity contribution in [1.29, 1.82) is 0 Å². The van der Waals surface area contributed by atoms with Gasteiger partial charge in [0.25, 0.3) is 0 Å². The molecule has 0 radical (unpaired) electrons. The molecule has 0 bridgehead atoms. The maximum atomic E-state index is 11.9. The summed E-state index contributed by atoms with van der Waals surface area (Å²) in [6, 6.07) is 0. The summed E-state index contributed by atoms with van der Waals surface area (Å²) in [5.74, 6) is -0.0413. The first-order valence-electron chi connectivity index (χ1n) is 5.85. The summed E-state index contributed by atoms with van der Waals surface area (Å²) in [6.45, 7) is -0.343. The van der Waals surface area contributed by atoms with E-state index in [0.717, 1.165) is 0 Å². The molecule has 1 aromatic rings. The van der Waals surface area contributed by atoms with Gasteiger partial charge in [-0.15, -0.1) is 0 Å². The van der Waals surface area contributed by atoms with E-state index in [1.54, 1.807) is 5.48 Å². The minimum atomic E-state index is -0.862. The number of hydrogen-bond acceptors (Lipinski definition) is 7. The zero-order valence-electron chi connectivity index (χ0n) is 10.3. The first-order chi connectivity index (χ1) is 9.60. The fourth-order valence-electron chi connectivity index (χ4n) is 2.02. The van der Waals surface area contributed by atoms with Gasteiger partial charge in [0.1, 0.15) is 12.3 Å². The summed E-state index contributed by atoms with van der Waals surface area (Å²) in [4.78, 5) is 15.5. The van der Waals surface area contributed by atoms with Crippen molar-refractivity contribution in [3.8, 4) is 0 Å². The quantitative estimate of drug-likeness (QED) is 0.574. The normalized spacial score (nSPS) is 26.3. The average Bonchev–Trinajstić information content (AvgIpc) is 2.81. The molecule has 110 valence electrons. The van der Waals surface area contributed by atoms with E-state index in [1.807, 2.05) is 0 Å². The molecule has 0 amide bonds. The number of nitrogens with zero attached hydrogens (tertiary/aromatic N) is 2. The Morgan fingerprint density at radius 1 is 1.65 bits per heavy atom. The number of aliphatic hydroxyl groups is 2. The zero-order valence-corrected chi connectivity index (χ0v) is 11.1. The van der Waals surface area contributed by atoms with Gasteiger partial charge in [0.05, 0.1) is 12.7 Å². The van der Waals surface area contributed by atoms with Gasteiger partial charge in [0.2, 0.25) is 0 Å². The van der Waals surface area contributed by atoms with Crippen molar-refractivity contribution in [3.63, 3.8) is 0 Å². The van der Waals surface area contributed by atoms with E-state index < -0.39 is 24.1 Å². The highest BCUT2D eigenvalue weighted by atomic mass is 35.5. The van der Waals surface area contributed by atoms with Crippen molar-refractivity contribution in [2.24, 2.45) is 0 Å². The predicted octanol–water partition coefficient (Wildman–Crippen LogP) is -0.105. The number of aromatic nitrogens is 2. The van der Waals surface area contributed by atoms with Gasteiger partial charge in [0, 0.05) is 23.7 Å². The summed E-state index contributed by atoms with van der Waals surface area (Å²) >= 11 is 5.48. The van der Waals surface area contributed by atoms with Gasteiger partial charge in [-0.25, -0.2) is 4.79 Å². The van der Waals surface area contributed by atoms with Crippen molar-refractivity contribution in [1.82, 2.24) is 9.55 Å². The average molecular weight is 304 g/mol. The summed E-state index contributed by atoms with van der Waals surface area (Å²) in [5.41, 5.74) is 2.71. The molecule has 0 aromatic carbocycles. The van der Waals surface area contributed by atoms with Crippen LogP contribution in [0.25, 0.3) is 6.08 Å². The zero-order chi connectivity index (χ0) is 14.7. The van der Waals surface area contributed by atoms with Crippen LogP contribution in [0, 0.1) is 0 Å². The maximum absolute atomic E-state index is 11.9. The molecule has 1 aliphatic heterocycles. The Kier molecular flexibility index (Phi) is 4.73. The van der Waals surface area contributed by atoms with E-state index in [0.29, 0.717) is 5.56 Å². The van der Waals surface area contributed by atoms with Crippen LogP contribution in [-0.4, -0.2) is 43.8 Å². The summed E-state index contributed by atoms with van der Waals surface area (Å²) in [6.07, 6.45) is 0.636. The second-order valence-corrected chi connectivity index (χ2v) is 4.51. The summed E-state index contributed by atoms with van der Waals surface area (Å²) in [5, 5.41) is 27.6. The number of rotatable bonds is 4. The van der Waals surface area contributed by atoms with Crippen LogP contribution >= 0.6 is 11.6 Å². The molecule has 2 rings (SSSR count). The van der Waals surface area contributed by atoms with Gasteiger partial charge in [-0.1, -0.05) is 11.6 Å². The topological polar surface area (TPSA) is 117 Å². The van der Waals surface area contributed by atoms with Crippen molar-refractivity contribution in [3.05, 3.63) is 27.8 Å². The van der Waals surface area contributed by atoms with Crippen LogP contribution in [0.2, 0.25) is 0 Å². The highest BCUT2D eigenvalue weighted by Gasteiger charge is 2.35. The van der Waals surface area contributed by atoms with Gasteiger partial charge in [-0.2, -0.15) is 4.98 Å². The third-order valence-electron chi connectivity index (χ3n) is 3.02. The van der Waals surface area contributed by atoms with Crippen LogP contribution in [0.15, 0.2) is 16.5 Å². The molecule has 8 nitrogen and oxygen atoms in total. The van der Waals surface area contributed by atoms with Crippen molar-refractivity contribution in [2.45, 2.75) is 24.9 Å². The van der Waals surface area contributed by atoms with Crippen LogP contribution in [0.1, 0.15) is 18.2 Å². The number of hydrogen-bond donors (Lipinski definition) is 4. The van der Waals surface area contributed by atoms with Gasteiger partial charge < -0.3 is 14.9 Å². The first kappa shape index (κ1) is 14.9. The lowest BCUT2D eigenvalue weighted by atomic mass is 10.2. The number of halogens is 1. The van der Waals surface area contributed by atoms with Crippen molar-refractivity contribution < 1.29 is 20.2 Å². The van der Waals surface area contributed by atoms with Gasteiger partial charge >= 0.3 is 5.69 Å². The molecule has 1 aliphatic rings. The Bertz CT molecular complexity index is 561. The molecule has 1 fully saturated rings. The lowest BCUT2D eigenvalue weighted by Crippen LogP contribution is -2.28. The molecular formula is C11H14ClN3O5. The molecule has 9 heteroatoms. The van der Waals surface area contributed by atoms with Crippen LogP contribution in [-0.2, 0) is 4.74 Å². The van der Waals surface area contributed by atoms with E-state index in [-0.39, 0.29) is 18.8 Å². The Labute approximate surface area is 118 Å². The molecule has 20 heavy (non-hydrogen) atoms. The molecule has 2 heterocycles. The fourth-order valence-corrected chi connectivity index (χ4v) is 2.16. The lowest BCUT2D eigenvalue weighted by Gasteiger charge is -2.15. The minimum Gasteiger partial charge on any atom is -0.394 e. The first-order valence-corrected chi connectivity index (χ1v) is 6.28. The van der Waals surface area contributed by atoms with E-state index in [1.165, 1.54) is 22.4 Å². The molecule has 0 unspecified atom stereocenters. The van der Waals surface area contributed by atoms with Crippen LogP contribution in [0.4, 0.5) is 5.82 Å². The third kappa shape index (κ3) is 2.84. The summed E-state index contributed by atoms with van der Waals surface area (Å²) < 4.78 is 6.55. The standard InChI is InChI=1S/C11H14ClN3O5/c12-2-1-6-4-15(11(18)13-10(6)14-19)9-3-7(17)8(5-16)20-9/h1-2,4,7-9,16-17,19H,3,5H2,(H,13,14,18)/b2-1+/t7-,8+,9+/m0/s1. The van der Waals surface area contributed by atoms with E-state index in [9.17, 15) is 9.90 Å². The molecule has 3 atom stereocenters. The van der Waals surface area contributed by atoms with E-state index >= 15 is 0 Å². The highest BCUT2D eigenvalue weighted by molar-refractivity contribution is 6.27. The molecular weight excluding hydrogens is 290 g/mol. The predicted molar refractivity (Wildman–Crippen MR) is 70.4 cm³/mol.